The van der Waals surface area contributed by atoms with Crippen LogP contribution in [0.15, 0.2) is 24.3 Å². The summed E-state index contributed by atoms with van der Waals surface area (Å²) in [5.41, 5.74) is 1.07. The number of aryl methyl sites for hydroxylation is 1. The monoisotopic (exact) mass is 350 g/mol. The second-order valence-corrected chi connectivity index (χ2v) is 7.40. The predicted molar refractivity (Wildman–Crippen MR) is 107 cm³/mol. The first-order chi connectivity index (χ1) is 12.1. The van der Waals surface area contributed by atoms with E-state index >= 15 is 0 Å². The van der Waals surface area contributed by atoms with Crippen LogP contribution in [0.5, 0.6) is 0 Å². The summed E-state index contributed by atoms with van der Waals surface area (Å²) in [6, 6.07) is 7.05. The standard InChI is InChI=1S/C23H39FO/c1-5-8-9-10-11-12-15-21(23(6-2,7-3)25-4)18-17-20-14-13-16-22(24)19-20/h13-14,16,19,21H,5-12,15,17-18H2,1-4H3. The molecule has 1 rings (SSSR count). The van der Waals surface area contributed by atoms with E-state index in [1.54, 1.807) is 6.07 Å². The van der Waals surface area contributed by atoms with Crippen LogP contribution in [0.2, 0.25) is 0 Å². The maximum Gasteiger partial charge on any atom is 0.123 e. The van der Waals surface area contributed by atoms with Crippen molar-refractivity contribution in [2.75, 3.05) is 7.11 Å². The molecule has 25 heavy (non-hydrogen) atoms. The number of ether oxygens (including phenoxy) is 1. The van der Waals surface area contributed by atoms with Crippen LogP contribution >= 0.6 is 0 Å². The van der Waals surface area contributed by atoms with Gasteiger partial charge in [-0.1, -0.05) is 71.4 Å². The normalized spacial score (nSPS) is 13.2. The second kappa shape index (κ2) is 12.5. The van der Waals surface area contributed by atoms with Gasteiger partial charge in [0.2, 0.25) is 0 Å². The van der Waals surface area contributed by atoms with Crippen LogP contribution in [0, 0.1) is 11.7 Å². The molecule has 2 heteroatoms. The highest BCUT2D eigenvalue weighted by molar-refractivity contribution is 5.16. The van der Waals surface area contributed by atoms with Crippen LogP contribution in [0.4, 0.5) is 4.39 Å². The number of rotatable bonds is 14. The van der Waals surface area contributed by atoms with Crippen LogP contribution in [0.25, 0.3) is 0 Å². The van der Waals surface area contributed by atoms with Crippen molar-refractivity contribution in [3.05, 3.63) is 35.6 Å². The summed E-state index contributed by atoms with van der Waals surface area (Å²) in [6.45, 7) is 6.74. The van der Waals surface area contributed by atoms with Crippen molar-refractivity contribution in [3.8, 4) is 0 Å². The molecule has 0 amide bonds. The third kappa shape index (κ3) is 7.48. The van der Waals surface area contributed by atoms with Gasteiger partial charge in [-0.3, -0.25) is 0 Å². The smallest absolute Gasteiger partial charge is 0.123 e. The fourth-order valence-electron chi connectivity index (χ4n) is 4.16. The summed E-state index contributed by atoms with van der Waals surface area (Å²) >= 11 is 0. The fraction of sp³-hybridized carbons (Fsp3) is 0.739. The van der Waals surface area contributed by atoms with E-state index in [9.17, 15) is 4.39 Å². The third-order valence-electron chi connectivity index (χ3n) is 5.92. The lowest BCUT2D eigenvalue weighted by atomic mass is 9.76. The molecule has 0 radical (unpaired) electrons. The highest BCUT2D eigenvalue weighted by Gasteiger charge is 2.34. The minimum absolute atomic E-state index is 0.0310. The molecule has 0 fully saturated rings. The summed E-state index contributed by atoms with van der Waals surface area (Å²) in [6.07, 6.45) is 13.3. The van der Waals surface area contributed by atoms with Gasteiger partial charge in [-0.15, -0.1) is 0 Å². The molecule has 0 saturated carbocycles. The Labute approximate surface area is 155 Å². The van der Waals surface area contributed by atoms with E-state index in [-0.39, 0.29) is 11.4 Å². The van der Waals surface area contributed by atoms with Crippen molar-refractivity contribution in [2.24, 2.45) is 5.92 Å². The van der Waals surface area contributed by atoms with E-state index in [0.29, 0.717) is 5.92 Å². The van der Waals surface area contributed by atoms with Crippen molar-refractivity contribution in [2.45, 2.75) is 97.0 Å². The Balaban J connectivity index is 2.63. The van der Waals surface area contributed by atoms with Gasteiger partial charge in [0, 0.05) is 7.11 Å². The first kappa shape index (κ1) is 22.2. The van der Waals surface area contributed by atoms with Crippen LogP contribution in [-0.4, -0.2) is 12.7 Å². The molecular weight excluding hydrogens is 311 g/mol. The van der Waals surface area contributed by atoms with Crippen molar-refractivity contribution in [3.63, 3.8) is 0 Å². The van der Waals surface area contributed by atoms with Crippen LogP contribution in [0.3, 0.4) is 0 Å². The number of unbranched alkanes of at least 4 members (excludes halogenated alkanes) is 5. The lowest BCUT2D eigenvalue weighted by Crippen LogP contribution is -2.39. The summed E-state index contributed by atoms with van der Waals surface area (Å²) < 4.78 is 19.5. The highest BCUT2D eigenvalue weighted by atomic mass is 19.1. The molecule has 0 heterocycles. The molecule has 1 aromatic carbocycles. The predicted octanol–water partition coefficient (Wildman–Crippen LogP) is 7.33. The maximum atomic E-state index is 13.4. The molecule has 0 aliphatic heterocycles. The third-order valence-corrected chi connectivity index (χ3v) is 5.92. The van der Waals surface area contributed by atoms with Gasteiger partial charge in [0.05, 0.1) is 5.60 Å². The lowest BCUT2D eigenvalue weighted by molar-refractivity contribution is -0.0704. The minimum atomic E-state index is -0.131. The lowest BCUT2D eigenvalue weighted by Gasteiger charge is -2.39. The molecular formula is C23H39FO. The molecule has 0 aliphatic rings. The average molecular weight is 351 g/mol. The molecule has 0 aliphatic carbocycles. The van der Waals surface area contributed by atoms with Crippen molar-refractivity contribution >= 4 is 0 Å². The Morgan fingerprint density at radius 3 is 2.24 bits per heavy atom. The molecule has 1 nitrogen and oxygen atoms in total. The zero-order chi connectivity index (χ0) is 18.5. The van der Waals surface area contributed by atoms with Crippen molar-refractivity contribution in [1.29, 1.82) is 0 Å². The first-order valence-electron chi connectivity index (χ1n) is 10.4. The zero-order valence-electron chi connectivity index (χ0n) is 17.0. The van der Waals surface area contributed by atoms with E-state index in [4.69, 9.17) is 4.74 Å². The van der Waals surface area contributed by atoms with Gasteiger partial charge in [-0.25, -0.2) is 4.39 Å². The van der Waals surface area contributed by atoms with Crippen LogP contribution in [0.1, 0.15) is 90.5 Å². The average Bonchev–Trinajstić information content (AvgIpc) is 2.63. The zero-order valence-corrected chi connectivity index (χ0v) is 17.0. The Hall–Kier alpha value is -0.890. The Morgan fingerprint density at radius 1 is 0.960 bits per heavy atom. The highest BCUT2D eigenvalue weighted by Crippen LogP contribution is 2.36. The Morgan fingerprint density at radius 2 is 1.64 bits per heavy atom. The molecule has 0 N–H and O–H groups in total. The Bertz CT molecular complexity index is 445. The van der Waals surface area contributed by atoms with E-state index in [1.807, 2.05) is 19.2 Å². The Kier molecular flexibility index (Phi) is 11.0. The number of halogens is 1. The van der Waals surface area contributed by atoms with Gasteiger partial charge in [-0.2, -0.15) is 0 Å². The fourth-order valence-corrected chi connectivity index (χ4v) is 4.16. The topological polar surface area (TPSA) is 9.23 Å². The van der Waals surface area contributed by atoms with E-state index in [2.05, 4.69) is 20.8 Å². The summed E-state index contributed by atoms with van der Waals surface area (Å²) in [7, 11) is 1.86. The number of hydrogen-bond acceptors (Lipinski definition) is 1. The number of hydrogen-bond donors (Lipinski definition) is 0. The summed E-state index contributed by atoms with van der Waals surface area (Å²) in [5, 5.41) is 0. The van der Waals surface area contributed by atoms with Crippen molar-refractivity contribution < 1.29 is 9.13 Å². The van der Waals surface area contributed by atoms with Gasteiger partial charge in [0.1, 0.15) is 5.82 Å². The van der Waals surface area contributed by atoms with Crippen LogP contribution in [-0.2, 0) is 11.2 Å². The first-order valence-corrected chi connectivity index (χ1v) is 10.4. The quantitative estimate of drug-likeness (QED) is 0.319. The van der Waals surface area contributed by atoms with Gasteiger partial charge < -0.3 is 4.74 Å². The van der Waals surface area contributed by atoms with Crippen molar-refractivity contribution in [1.82, 2.24) is 0 Å². The van der Waals surface area contributed by atoms with Gasteiger partial charge in [0.25, 0.3) is 0 Å². The largest absolute Gasteiger partial charge is 0.378 e. The molecule has 0 bridgehead atoms. The summed E-state index contributed by atoms with van der Waals surface area (Å²) in [5.74, 6) is 0.413. The SMILES string of the molecule is CCCCCCCCC(CCc1cccc(F)c1)C(CC)(CC)OC. The number of methoxy groups -OCH3 is 1. The molecule has 0 aromatic heterocycles. The molecule has 1 atom stereocenters. The number of benzene rings is 1. The molecule has 1 aromatic rings. The van der Waals surface area contributed by atoms with Gasteiger partial charge in [0.15, 0.2) is 0 Å². The van der Waals surface area contributed by atoms with E-state index in [0.717, 1.165) is 31.2 Å². The second-order valence-electron chi connectivity index (χ2n) is 7.40. The molecule has 0 spiro atoms. The van der Waals surface area contributed by atoms with Crippen LogP contribution < -0.4 is 0 Å². The molecule has 1 unspecified atom stereocenters. The van der Waals surface area contributed by atoms with Gasteiger partial charge in [-0.05, 0) is 55.7 Å². The maximum absolute atomic E-state index is 13.4. The molecule has 144 valence electrons. The van der Waals surface area contributed by atoms with Gasteiger partial charge >= 0.3 is 0 Å². The minimum Gasteiger partial charge on any atom is -0.378 e. The summed E-state index contributed by atoms with van der Waals surface area (Å²) in [4.78, 5) is 0. The van der Waals surface area contributed by atoms with E-state index in [1.165, 1.54) is 51.0 Å². The van der Waals surface area contributed by atoms with E-state index < -0.39 is 0 Å². The molecule has 0 saturated heterocycles.